The van der Waals surface area contributed by atoms with E-state index in [0.29, 0.717) is 11.1 Å². The van der Waals surface area contributed by atoms with Crippen LogP contribution in [-0.4, -0.2) is 9.13 Å². The van der Waals surface area contributed by atoms with Crippen LogP contribution in [-0.2, 0) is 5.41 Å². The van der Waals surface area contributed by atoms with Crippen molar-refractivity contribution in [1.82, 2.24) is 9.13 Å². The maximum atomic E-state index is 9.60. The Hall–Kier alpha value is -7.16. The topological polar surface area (TPSA) is 9.86 Å². The first-order valence-corrected chi connectivity index (χ1v) is 18.5. The van der Waals surface area contributed by atoms with Gasteiger partial charge in [-0.05, 0) is 92.2 Å². The molecule has 0 N–H and O–H groups in total. The first kappa shape index (κ1) is 22.8. The van der Waals surface area contributed by atoms with Crippen LogP contribution in [0, 0.1) is 0 Å². The fourth-order valence-electron chi connectivity index (χ4n) is 10.1. The van der Waals surface area contributed by atoms with Crippen LogP contribution >= 0.6 is 0 Å². The van der Waals surface area contributed by atoms with E-state index < -0.39 is 29.6 Å². The molecule has 2 nitrogen and oxygen atoms in total. The first-order valence-electron chi connectivity index (χ1n) is 22.5. The molecule has 2 heterocycles. The third-order valence-corrected chi connectivity index (χ3v) is 12.1. The third kappa shape index (κ3) is 3.55. The Bertz CT molecular complexity index is 3830. The van der Waals surface area contributed by atoms with Gasteiger partial charge in [-0.25, -0.2) is 0 Å². The van der Waals surface area contributed by atoms with Crippen LogP contribution in [0.5, 0.6) is 0 Å². The number of benzene rings is 9. The Balaban J connectivity index is 1.24. The highest BCUT2D eigenvalue weighted by Crippen LogP contribution is 2.63. The van der Waals surface area contributed by atoms with Crippen molar-refractivity contribution in [3.05, 3.63) is 216 Å². The van der Waals surface area contributed by atoms with Gasteiger partial charge in [0, 0.05) is 32.8 Å². The maximum Gasteiger partial charge on any atom is 0.0726 e. The number of para-hydroxylation sites is 2. The summed E-state index contributed by atoms with van der Waals surface area (Å²) in [4.78, 5) is 0. The van der Waals surface area contributed by atoms with Crippen LogP contribution < -0.4 is 0 Å². The second-order valence-electron chi connectivity index (χ2n) is 14.6. The van der Waals surface area contributed by atoms with E-state index in [2.05, 4.69) is 112 Å². The summed E-state index contributed by atoms with van der Waals surface area (Å²) in [5, 5.41) is 6.66. The van der Waals surface area contributed by atoms with Crippen LogP contribution in [0.15, 0.2) is 194 Å². The number of fused-ring (bicyclic) bond motifs is 18. The molecule has 2 heteroatoms. The van der Waals surface area contributed by atoms with Gasteiger partial charge < -0.3 is 9.13 Å². The van der Waals surface area contributed by atoms with E-state index in [-0.39, 0.29) is 46.4 Å². The zero-order valence-electron chi connectivity index (χ0n) is 37.3. The van der Waals surface area contributed by atoms with Gasteiger partial charge in [-0.15, -0.1) is 0 Å². The molecule has 55 heavy (non-hydrogen) atoms. The monoisotopic (exact) mass is 704 g/mol. The molecule has 1 spiro atoms. The molecular weight excluding hydrogens is 665 g/mol. The van der Waals surface area contributed by atoms with E-state index in [1.807, 2.05) is 42.5 Å². The highest BCUT2D eigenvalue weighted by Gasteiger charge is 2.52. The van der Waals surface area contributed by atoms with Gasteiger partial charge in [-0.1, -0.05) is 151 Å². The van der Waals surface area contributed by atoms with Crippen LogP contribution in [0.4, 0.5) is 0 Å². The quantitative estimate of drug-likeness (QED) is 0.170. The van der Waals surface area contributed by atoms with Crippen molar-refractivity contribution >= 4 is 54.4 Å². The molecule has 254 valence electrons. The molecule has 0 bridgehead atoms. The highest BCUT2D eigenvalue weighted by atomic mass is 15.0. The number of aromatic nitrogens is 2. The lowest BCUT2D eigenvalue weighted by molar-refractivity contribution is 0.793. The zero-order chi connectivity index (χ0) is 42.8. The first-order chi connectivity index (χ1) is 30.6. The Morgan fingerprint density at radius 2 is 1.07 bits per heavy atom. The summed E-state index contributed by atoms with van der Waals surface area (Å²) < 4.78 is 77.9. The van der Waals surface area contributed by atoms with Crippen molar-refractivity contribution in [1.29, 1.82) is 0 Å². The van der Waals surface area contributed by atoms with Gasteiger partial charge in [-0.3, -0.25) is 0 Å². The van der Waals surface area contributed by atoms with Gasteiger partial charge in [0.15, 0.2) is 0 Å². The van der Waals surface area contributed by atoms with E-state index in [0.717, 1.165) is 76.9 Å². The van der Waals surface area contributed by atoms with Gasteiger partial charge in [0.05, 0.1) is 44.1 Å². The molecule has 11 aromatic rings. The molecule has 0 saturated carbocycles. The Labute approximate surface area is 329 Å². The fraction of sp³-hybridized carbons (Fsp3) is 0.0189. The average molecular weight is 705 g/mol. The normalized spacial score (nSPS) is 15.6. The summed E-state index contributed by atoms with van der Waals surface area (Å²) in [5.41, 5.74) is 8.17. The summed E-state index contributed by atoms with van der Waals surface area (Å²) in [5.74, 6) is 0. The fourth-order valence-corrected chi connectivity index (χ4v) is 10.1. The molecule has 2 aliphatic carbocycles. The van der Waals surface area contributed by atoms with E-state index in [4.69, 9.17) is 5.48 Å². The number of rotatable bonds is 2. The molecule has 13 rings (SSSR count). The molecule has 0 fully saturated rings. The second-order valence-corrected chi connectivity index (χ2v) is 14.6. The molecule has 0 saturated heterocycles. The molecule has 0 aliphatic heterocycles. The molecular formula is C53H32N2. The van der Waals surface area contributed by atoms with Gasteiger partial charge >= 0.3 is 0 Å². The van der Waals surface area contributed by atoms with Crippen molar-refractivity contribution in [3.63, 3.8) is 0 Å². The lowest BCUT2D eigenvalue weighted by Gasteiger charge is -2.30. The molecule has 2 aliphatic rings. The third-order valence-electron chi connectivity index (χ3n) is 12.1. The highest BCUT2D eigenvalue weighted by molar-refractivity contribution is 6.25. The lowest BCUT2D eigenvalue weighted by Crippen LogP contribution is -2.25. The van der Waals surface area contributed by atoms with Gasteiger partial charge in [0.1, 0.15) is 0 Å². The summed E-state index contributed by atoms with van der Waals surface area (Å²) in [6, 6.07) is 47.2. The predicted molar refractivity (Wildman–Crippen MR) is 229 cm³/mol. The largest absolute Gasteiger partial charge is 0.309 e. The molecule has 0 unspecified atom stereocenters. The van der Waals surface area contributed by atoms with Crippen LogP contribution in [0.3, 0.4) is 0 Å². The average Bonchev–Trinajstić information content (AvgIpc) is 4.02. The molecule has 0 amide bonds. The second kappa shape index (κ2) is 10.5. The summed E-state index contributed by atoms with van der Waals surface area (Å²) in [6.45, 7) is 0. The minimum absolute atomic E-state index is 0.107. The summed E-state index contributed by atoms with van der Waals surface area (Å²) >= 11 is 0. The van der Waals surface area contributed by atoms with Crippen molar-refractivity contribution in [2.45, 2.75) is 5.41 Å². The predicted octanol–water partition coefficient (Wildman–Crippen LogP) is 13.4. The van der Waals surface area contributed by atoms with E-state index >= 15 is 0 Å². The van der Waals surface area contributed by atoms with Gasteiger partial charge in [-0.2, -0.15) is 0 Å². The standard InChI is InChI=1S/C53H32N2/c1-2-16-34(17-3-1)54-46-27-13-9-21-38(46)40-31-41-50(32-49(40)54)55(48-30-29-33-15-4-5-18-35(33)51(41)48)47-28-14-26-45-52(47)39-22-8-12-25-44(39)53(45)42-23-10-6-19-36(42)37-20-7-11-24-43(37)53/h1-32H/i6D,7D,10D,11D,19D,20D,23D,24D. The molecule has 2 aromatic heterocycles. The van der Waals surface area contributed by atoms with Crippen molar-refractivity contribution in [2.24, 2.45) is 0 Å². The molecule has 0 radical (unpaired) electrons. The van der Waals surface area contributed by atoms with Gasteiger partial charge in [0.25, 0.3) is 0 Å². The van der Waals surface area contributed by atoms with Gasteiger partial charge in [0.2, 0.25) is 0 Å². The van der Waals surface area contributed by atoms with E-state index in [9.17, 15) is 5.48 Å². The van der Waals surface area contributed by atoms with Crippen molar-refractivity contribution in [3.8, 4) is 33.6 Å². The summed E-state index contributed by atoms with van der Waals surface area (Å²) in [7, 11) is 0. The van der Waals surface area contributed by atoms with Crippen molar-refractivity contribution < 1.29 is 11.0 Å². The smallest absolute Gasteiger partial charge is 0.0726 e. The van der Waals surface area contributed by atoms with Crippen LogP contribution in [0.1, 0.15) is 33.2 Å². The number of hydrogen-bond donors (Lipinski definition) is 0. The molecule has 9 aromatic carbocycles. The lowest BCUT2D eigenvalue weighted by atomic mass is 9.70. The van der Waals surface area contributed by atoms with Crippen molar-refractivity contribution in [2.75, 3.05) is 0 Å². The van der Waals surface area contributed by atoms with E-state index in [1.54, 1.807) is 0 Å². The Morgan fingerprint density at radius 1 is 0.400 bits per heavy atom. The molecule has 0 atom stereocenters. The number of nitrogens with zero attached hydrogens (tertiary/aromatic N) is 2. The minimum atomic E-state index is -1.50. The maximum absolute atomic E-state index is 9.60. The van der Waals surface area contributed by atoms with Crippen LogP contribution in [0.2, 0.25) is 0 Å². The Kier molecular flexibility index (Phi) is 4.35. The summed E-state index contributed by atoms with van der Waals surface area (Å²) in [6.07, 6.45) is 0. The number of hydrogen-bond acceptors (Lipinski definition) is 0. The van der Waals surface area contributed by atoms with Crippen LogP contribution in [0.25, 0.3) is 88.0 Å². The minimum Gasteiger partial charge on any atom is -0.309 e. The Morgan fingerprint density at radius 3 is 1.91 bits per heavy atom. The van der Waals surface area contributed by atoms with E-state index in [1.165, 1.54) is 0 Å². The zero-order valence-corrected chi connectivity index (χ0v) is 29.3. The SMILES string of the molecule is [2H]c1c([2H])c([2H])c2c(c1[2H])-c1c([2H])c([2H])c([2H])c([2H])c1C21c2ccccc2-c2c(-n3c4cc5c(cc4c4c6ccccc6ccc43)c3ccccc3n5-c3ccccc3)cccc21.